The topological polar surface area (TPSA) is 30.5 Å². The van der Waals surface area contributed by atoms with Gasteiger partial charge in [-0.25, -0.2) is 4.39 Å². The molecule has 0 radical (unpaired) electrons. The second-order valence-electron chi connectivity index (χ2n) is 4.31. The maximum Gasteiger partial charge on any atom is 0.134 e. The van der Waals surface area contributed by atoms with Gasteiger partial charge in [0.1, 0.15) is 17.7 Å². The summed E-state index contributed by atoms with van der Waals surface area (Å²) in [6.07, 6.45) is 1.02. The maximum absolute atomic E-state index is 13.1. The summed E-state index contributed by atoms with van der Waals surface area (Å²) in [5.41, 5.74) is 0.588. The van der Waals surface area contributed by atoms with Crippen LogP contribution < -0.4 is 10.1 Å². The minimum atomic E-state index is -0.213. The molecule has 1 N–H and O–H groups in total. The second-order valence-corrected chi connectivity index (χ2v) is 4.31. The van der Waals surface area contributed by atoms with Crippen molar-refractivity contribution in [3.8, 4) is 5.75 Å². The number of benzene rings is 1. The van der Waals surface area contributed by atoms with Gasteiger partial charge < -0.3 is 14.8 Å². The first-order valence-corrected chi connectivity index (χ1v) is 6.29. The van der Waals surface area contributed by atoms with Crippen molar-refractivity contribution in [3.63, 3.8) is 0 Å². The van der Waals surface area contributed by atoms with E-state index in [-0.39, 0.29) is 11.9 Å². The van der Waals surface area contributed by atoms with E-state index in [1.165, 1.54) is 6.07 Å². The second kappa shape index (κ2) is 8.06. The Morgan fingerprint density at radius 2 is 2.17 bits per heavy atom. The average Bonchev–Trinajstić information content (AvgIpc) is 2.34. The average molecular weight is 255 g/mol. The lowest BCUT2D eigenvalue weighted by atomic mass is 10.2. The van der Waals surface area contributed by atoms with E-state index < -0.39 is 0 Å². The van der Waals surface area contributed by atoms with Crippen LogP contribution in [0, 0.1) is 12.7 Å². The van der Waals surface area contributed by atoms with Crippen molar-refractivity contribution in [1.29, 1.82) is 0 Å². The molecule has 102 valence electrons. The van der Waals surface area contributed by atoms with Gasteiger partial charge in [0.15, 0.2) is 0 Å². The number of methoxy groups -OCH3 is 1. The number of hydrogen-bond acceptors (Lipinski definition) is 3. The van der Waals surface area contributed by atoms with Gasteiger partial charge in [-0.2, -0.15) is 0 Å². The minimum absolute atomic E-state index is 0.0635. The third-order valence-electron chi connectivity index (χ3n) is 2.58. The molecule has 0 aliphatic heterocycles. The normalized spacial score (nSPS) is 12.4. The molecule has 0 bridgehead atoms. The molecule has 0 fully saturated rings. The molecule has 18 heavy (non-hydrogen) atoms. The van der Waals surface area contributed by atoms with Gasteiger partial charge in [0.25, 0.3) is 0 Å². The van der Waals surface area contributed by atoms with Crippen LogP contribution in [0.5, 0.6) is 5.75 Å². The summed E-state index contributed by atoms with van der Waals surface area (Å²) < 4.78 is 24.0. The Balaban J connectivity index is 2.55. The zero-order chi connectivity index (χ0) is 13.4. The van der Waals surface area contributed by atoms with Crippen LogP contribution in [0.4, 0.5) is 4.39 Å². The highest BCUT2D eigenvalue weighted by molar-refractivity contribution is 5.29. The van der Waals surface area contributed by atoms with Crippen molar-refractivity contribution in [1.82, 2.24) is 5.32 Å². The Labute approximate surface area is 108 Å². The molecule has 0 aliphatic carbocycles. The molecule has 1 rings (SSSR count). The van der Waals surface area contributed by atoms with E-state index in [1.54, 1.807) is 26.2 Å². The highest BCUT2D eigenvalue weighted by Gasteiger charge is 2.10. The molecular formula is C14H22FNO2. The number of nitrogens with one attached hydrogen (secondary N) is 1. The van der Waals surface area contributed by atoms with Gasteiger partial charge >= 0.3 is 0 Å². The Morgan fingerprint density at radius 1 is 1.39 bits per heavy atom. The molecule has 4 heteroatoms. The number of rotatable bonds is 8. The third kappa shape index (κ3) is 5.02. The van der Waals surface area contributed by atoms with E-state index >= 15 is 0 Å². The molecule has 0 spiro atoms. The van der Waals surface area contributed by atoms with E-state index in [2.05, 4.69) is 12.2 Å². The number of aryl methyl sites for hydroxylation is 1. The summed E-state index contributed by atoms with van der Waals surface area (Å²) in [6.45, 7) is 6.02. The van der Waals surface area contributed by atoms with Crippen LogP contribution in [-0.2, 0) is 4.74 Å². The van der Waals surface area contributed by atoms with Crippen LogP contribution in [0.15, 0.2) is 18.2 Å². The Morgan fingerprint density at radius 3 is 2.78 bits per heavy atom. The Bertz CT molecular complexity index is 358. The molecular weight excluding hydrogens is 233 g/mol. The molecule has 1 unspecified atom stereocenters. The molecule has 0 saturated heterocycles. The summed E-state index contributed by atoms with van der Waals surface area (Å²) in [4.78, 5) is 0. The van der Waals surface area contributed by atoms with Crippen LogP contribution in [-0.4, -0.2) is 32.9 Å². The van der Waals surface area contributed by atoms with Gasteiger partial charge in [0.2, 0.25) is 0 Å². The van der Waals surface area contributed by atoms with Crippen LogP contribution in [0.3, 0.4) is 0 Å². The third-order valence-corrected chi connectivity index (χ3v) is 2.58. The fourth-order valence-corrected chi connectivity index (χ4v) is 1.64. The molecule has 0 aromatic heterocycles. The number of hydrogen-bond donors (Lipinski definition) is 1. The van der Waals surface area contributed by atoms with Crippen molar-refractivity contribution >= 4 is 0 Å². The smallest absolute Gasteiger partial charge is 0.134 e. The molecule has 0 heterocycles. The van der Waals surface area contributed by atoms with Crippen LogP contribution in [0.1, 0.15) is 18.9 Å². The molecule has 1 atom stereocenters. The zero-order valence-electron chi connectivity index (χ0n) is 11.3. The predicted octanol–water partition coefficient (Wildman–Crippen LogP) is 2.53. The van der Waals surface area contributed by atoms with E-state index in [0.717, 1.165) is 19.5 Å². The van der Waals surface area contributed by atoms with Gasteiger partial charge in [-0.05, 0) is 43.7 Å². The van der Waals surface area contributed by atoms with Crippen LogP contribution in [0.25, 0.3) is 0 Å². The molecule has 0 saturated carbocycles. The highest BCUT2D eigenvalue weighted by Crippen LogP contribution is 2.17. The first-order valence-electron chi connectivity index (χ1n) is 6.29. The first-order chi connectivity index (χ1) is 8.67. The van der Waals surface area contributed by atoms with Crippen molar-refractivity contribution < 1.29 is 13.9 Å². The molecule has 1 aromatic rings. The highest BCUT2D eigenvalue weighted by atomic mass is 19.1. The lowest BCUT2D eigenvalue weighted by molar-refractivity contribution is 0.0806. The van der Waals surface area contributed by atoms with Gasteiger partial charge in [-0.1, -0.05) is 6.92 Å². The van der Waals surface area contributed by atoms with Crippen LogP contribution >= 0.6 is 0 Å². The summed E-state index contributed by atoms with van der Waals surface area (Å²) in [5.74, 6) is 0.462. The van der Waals surface area contributed by atoms with E-state index in [1.807, 2.05) is 0 Å². The van der Waals surface area contributed by atoms with E-state index in [9.17, 15) is 4.39 Å². The predicted molar refractivity (Wildman–Crippen MR) is 70.6 cm³/mol. The lowest BCUT2D eigenvalue weighted by Gasteiger charge is -2.19. The Kier molecular flexibility index (Phi) is 6.68. The van der Waals surface area contributed by atoms with Gasteiger partial charge in [-0.3, -0.25) is 0 Å². The van der Waals surface area contributed by atoms with Gasteiger partial charge in [0, 0.05) is 13.7 Å². The monoisotopic (exact) mass is 255 g/mol. The molecule has 0 aliphatic rings. The largest absolute Gasteiger partial charge is 0.487 e. The molecule has 0 amide bonds. The van der Waals surface area contributed by atoms with E-state index in [0.29, 0.717) is 17.9 Å². The fourth-order valence-electron chi connectivity index (χ4n) is 1.64. The SMILES string of the molecule is CCCNCC(COC)Oc1ccc(F)c(C)c1. The summed E-state index contributed by atoms with van der Waals surface area (Å²) in [6, 6.07) is 4.77. The van der Waals surface area contributed by atoms with Crippen molar-refractivity contribution in [3.05, 3.63) is 29.6 Å². The van der Waals surface area contributed by atoms with Crippen molar-refractivity contribution in [2.45, 2.75) is 26.4 Å². The summed E-state index contributed by atoms with van der Waals surface area (Å²) >= 11 is 0. The summed E-state index contributed by atoms with van der Waals surface area (Å²) in [7, 11) is 1.64. The van der Waals surface area contributed by atoms with Crippen LogP contribution in [0.2, 0.25) is 0 Å². The number of ether oxygens (including phenoxy) is 2. The molecule has 3 nitrogen and oxygen atoms in total. The van der Waals surface area contributed by atoms with Gasteiger partial charge in [-0.15, -0.1) is 0 Å². The maximum atomic E-state index is 13.1. The van der Waals surface area contributed by atoms with Gasteiger partial charge in [0.05, 0.1) is 6.61 Å². The Hall–Kier alpha value is -1.13. The summed E-state index contributed by atoms with van der Waals surface area (Å²) in [5, 5.41) is 3.29. The van der Waals surface area contributed by atoms with Crippen molar-refractivity contribution in [2.75, 3.05) is 26.8 Å². The number of halogens is 1. The minimum Gasteiger partial charge on any atom is -0.487 e. The van der Waals surface area contributed by atoms with Crippen molar-refractivity contribution in [2.24, 2.45) is 0 Å². The quantitative estimate of drug-likeness (QED) is 0.724. The zero-order valence-corrected chi connectivity index (χ0v) is 11.3. The standard InChI is InChI=1S/C14H22FNO2/c1-4-7-16-9-13(10-17-3)18-12-5-6-14(15)11(2)8-12/h5-6,8,13,16H,4,7,9-10H2,1-3H3. The van der Waals surface area contributed by atoms with E-state index in [4.69, 9.17) is 9.47 Å². The fraction of sp³-hybridized carbons (Fsp3) is 0.571. The lowest BCUT2D eigenvalue weighted by Crippen LogP contribution is -2.35. The first kappa shape index (κ1) is 14.9. The molecule has 1 aromatic carbocycles.